The van der Waals surface area contributed by atoms with Crippen LogP contribution in [0.15, 0.2) is 36.4 Å². The van der Waals surface area contributed by atoms with E-state index in [4.69, 9.17) is 4.74 Å². The Morgan fingerprint density at radius 3 is 2.46 bits per heavy atom. The van der Waals surface area contributed by atoms with Crippen molar-refractivity contribution in [3.05, 3.63) is 64.2 Å². The Morgan fingerprint density at radius 2 is 1.73 bits per heavy atom. The average molecular weight is 351 g/mol. The number of rotatable bonds is 5. The second kappa shape index (κ2) is 7.94. The van der Waals surface area contributed by atoms with Crippen LogP contribution in [0.25, 0.3) is 0 Å². The number of hydrogen-bond acceptors (Lipinski definition) is 2. The highest BCUT2D eigenvalue weighted by Crippen LogP contribution is 2.26. The van der Waals surface area contributed by atoms with Gasteiger partial charge in [0.25, 0.3) is 5.91 Å². The highest BCUT2D eigenvalue weighted by Gasteiger charge is 2.19. The van der Waals surface area contributed by atoms with Crippen LogP contribution in [0.2, 0.25) is 0 Å². The van der Waals surface area contributed by atoms with Gasteiger partial charge in [-0.25, -0.2) is 0 Å². The molecule has 3 heteroatoms. The van der Waals surface area contributed by atoms with E-state index in [1.807, 2.05) is 19.9 Å². The molecule has 3 rings (SSSR count). The average Bonchev–Trinajstić information content (AvgIpc) is 2.61. The van der Waals surface area contributed by atoms with E-state index >= 15 is 0 Å². The standard InChI is InChI=1S/C23H29NO2/c1-15-9-12-22(16(2)13-15)17(3)24-23(25)18(4)26-21-11-10-19-7-5-6-8-20(19)14-21/h9-14,17-18H,5-8H2,1-4H3,(H,24,25)/t17-,18-/m1/s1. The number of hydrogen-bond donors (Lipinski definition) is 1. The van der Waals surface area contributed by atoms with Crippen LogP contribution >= 0.6 is 0 Å². The maximum atomic E-state index is 12.6. The summed E-state index contributed by atoms with van der Waals surface area (Å²) in [6.07, 6.45) is 4.24. The molecule has 138 valence electrons. The van der Waals surface area contributed by atoms with Crippen LogP contribution in [0, 0.1) is 13.8 Å². The molecular formula is C23H29NO2. The molecule has 26 heavy (non-hydrogen) atoms. The zero-order valence-electron chi connectivity index (χ0n) is 16.3. The van der Waals surface area contributed by atoms with Gasteiger partial charge in [0, 0.05) is 0 Å². The Bertz CT molecular complexity index is 797. The Balaban J connectivity index is 1.62. The van der Waals surface area contributed by atoms with Crippen LogP contribution in [-0.4, -0.2) is 12.0 Å². The maximum Gasteiger partial charge on any atom is 0.261 e. The van der Waals surface area contributed by atoms with Crippen molar-refractivity contribution >= 4 is 5.91 Å². The maximum absolute atomic E-state index is 12.6. The fourth-order valence-corrected chi connectivity index (χ4v) is 3.76. The number of benzene rings is 2. The smallest absolute Gasteiger partial charge is 0.261 e. The Hall–Kier alpha value is -2.29. The molecule has 1 aliphatic carbocycles. The van der Waals surface area contributed by atoms with E-state index in [9.17, 15) is 4.79 Å². The second-order valence-corrected chi connectivity index (χ2v) is 7.49. The molecule has 0 unspecified atom stereocenters. The molecule has 3 nitrogen and oxygen atoms in total. The fraction of sp³-hybridized carbons (Fsp3) is 0.435. The van der Waals surface area contributed by atoms with Crippen molar-refractivity contribution < 1.29 is 9.53 Å². The topological polar surface area (TPSA) is 38.3 Å². The Kier molecular flexibility index (Phi) is 5.65. The predicted molar refractivity (Wildman–Crippen MR) is 106 cm³/mol. The van der Waals surface area contributed by atoms with Crippen LogP contribution in [0.1, 0.15) is 60.5 Å². The van der Waals surface area contributed by atoms with Crippen molar-refractivity contribution in [3.8, 4) is 5.75 Å². The van der Waals surface area contributed by atoms with Crippen molar-refractivity contribution in [1.82, 2.24) is 5.32 Å². The van der Waals surface area contributed by atoms with Gasteiger partial charge >= 0.3 is 0 Å². The van der Waals surface area contributed by atoms with E-state index in [0.29, 0.717) is 0 Å². The number of ether oxygens (including phenoxy) is 1. The van der Waals surface area contributed by atoms with Gasteiger partial charge in [0.05, 0.1) is 6.04 Å². The molecule has 1 N–H and O–H groups in total. The van der Waals surface area contributed by atoms with Crippen molar-refractivity contribution in [1.29, 1.82) is 0 Å². The van der Waals surface area contributed by atoms with Gasteiger partial charge in [-0.1, -0.05) is 29.8 Å². The first-order valence-corrected chi connectivity index (χ1v) is 9.60. The molecule has 2 aromatic carbocycles. The summed E-state index contributed by atoms with van der Waals surface area (Å²) in [6, 6.07) is 12.5. The molecule has 0 fully saturated rings. The molecule has 0 heterocycles. The van der Waals surface area contributed by atoms with E-state index in [2.05, 4.69) is 49.5 Å². The molecule has 0 aromatic heterocycles. The number of nitrogens with one attached hydrogen (secondary N) is 1. The molecule has 0 radical (unpaired) electrons. The number of carbonyl (C=O) groups is 1. The summed E-state index contributed by atoms with van der Waals surface area (Å²) in [5.41, 5.74) is 6.36. The summed E-state index contributed by atoms with van der Waals surface area (Å²) in [4.78, 5) is 12.6. The molecule has 0 bridgehead atoms. The van der Waals surface area contributed by atoms with E-state index < -0.39 is 6.10 Å². The minimum Gasteiger partial charge on any atom is -0.481 e. The summed E-state index contributed by atoms with van der Waals surface area (Å²) in [5, 5.41) is 3.07. The lowest BCUT2D eigenvalue weighted by atomic mass is 9.92. The normalized spacial score (nSPS) is 15.7. The zero-order chi connectivity index (χ0) is 18.7. The Morgan fingerprint density at radius 1 is 1.00 bits per heavy atom. The molecule has 0 saturated heterocycles. The van der Waals surface area contributed by atoms with Gasteiger partial charge in [0.15, 0.2) is 6.10 Å². The van der Waals surface area contributed by atoms with Gasteiger partial charge in [-0.15, -0.1) is 0 Å². The highest BCUT2D eigenvalue weighted by atomic mass is 16.5. The number of aryl methyl sites for hydroxylation is 4. The van der Waals surface area contributed by atoms with E-state index in [1.165, 1.54) is 35.1 Å². The summed E-state index contributed by atoms with van der Waals surface area (Å²) < 4.78 is 5.92. The largest absolute Gasteiger partial charge is 0.481 e. The summed E-state index contributed by atoms with van der Waals surface area (Å²) >= 11 is 0. The molecule has 1 amide bonds. The SMILES string of the molecule is Cc1ccc([C@@H](C)NC(=O)[C@@H](C)Oc2ccc3c(c2)CCCC3)c(C)c1. The zero-order valence-corrected chi connectivity index (χ0v) is 16.3. The van der Waals surface area contributed by atoms with Gasteiger partial charge in [0.2, 0.25) is 0 Å². The minimum atomic E-state index is -0.523. The third-order valence-electron chi connectivity index (χ3n) is 5.25. The molecule has 2 atom stereocenters. The molecule has 0 spiro atoms. The van der Waals surface area contributed by atoms with Gasteiger partial charge in [-0.05, 0) is 87.8 Å². The third kappa shape index (κ3) is 4.27. The number of amides is 1. The fourth-order valence-electron chi connectivity index (χ4n) is 3.76. The van der Waals surface area contributed by atoms with Crippen molar-refractivity contribution in [3.63, 3.8) is 0 Å². The molecule has 0 aliphatic heterocycles. The third-order valence-corrected chi connectivity index (χ3v) is 5.25. The van der Waals surface area contributed by atoms with Crippen LogP contribution in [0.5, 0.6) is 5.75 Å². The summed E-state index contributed by atoms with van der Waals surface area (Å²) in [7, 11) is 0. The Labute approximate surface area is 156 Å². The minimum absolute atomic E-state index is 0.0438. The lowest BCUT2D eigenvalue weighted by Gasteiger charge is -2.22. The number of carbonyl (C=O) groups excluding carboxylic acids is 1. The molecule has 1 aliphatic rings. The van der Waals surface area contributed by atoms with E-state index in [1.54, 1.807) is 0 Å². The van der Waals surface area contributed by atoms with Crippen LogP contribution in [0.4, 0.5) is 0 Å². The van der Waals surface area contributed by atoms with E-state index in [-0.39, 0.29) is 11.9 Å². The molecular weight excluding hydrogens is 322 g/mol. The lowest BCUT2D eigenvalue weighted by molar-refractivity contribution is -0.127. The first-order valence-electron chi connectivity index (χ1n) is 9.60. The summed E-state index contributed by atoms with van der Waals surface area (Å²) in [6.45, 7) is 7.98. The van der Waals surface area contributed by atoms with Gasteiger partial charge in [0.1, 0.15) is 5.75 Å². The quantitative estimate of drug-likeness (QED) is 0.838. The molecule has 2 aromatic rings. The van der Waals surface area contributed by atoms with Crippen molar-refractivity contribution in [2.75, 3.05) is 0 Å². The van der Waals surface area contributed by atoms with Crippen LogP contribution in [-0.2, 0) is 17.6 Å². The number of fused-ring (bicyclic) bond motifs is 1. The van der Waals surface area contributed by atoms with Crippen molar-refractivity contribution in [2.24, 2.45) is 0 Å². The molecule has 0 saturated carbocycles. The van der Waals surface area contributed by atoms with Gasteiger partial charge in [-0.2, -0.15) is 0 Å². The van der Waals surface area contributed by atoms with Crippen LogP contribution in [0.3, 0.4) is 0 Å². The second-order valence-electron chi connectivity index (χ2n) is 7.49. The van der Waals surface area contributed by atoms with Crippen molar-refractivity contribution in [2.45, 2.75) is 65.5 Å². The van der Waals surface area contributed by atoms with Gasteiger partial charge in [-0.3, -0.25) is 4.79 Å². The highest BCUT2D eigenvalue weighted by molar-refractivity contribution is 5.81. The first kappa shape index (κ1) is 18.5. The van der Waals surface area contributed by atoms with Gasteiger partial charge < -0.3 is 10.1 Å². The monoisotopic (exact) mass is 351 g/mol. The first-order chi connectivity index (χ1) is 12.4. The van der Waals surface area contributed by atoms with Crippen LogP contribution < -0.4 is 10.1 Å². The summed E-state index contributed by atoms with van der Waals surface area (Å²) in [5.74, 6) is 0.697. The predicted octanol–water partition coefficient (Wildman–Crippen LogP) is 4.83. The lowest BCUT2D eigenvalue weighted by Crippen LogP contribution is -2.38. The van der Waals surface area contributed by atoms with E-state index in [0.717, 1.165) is 24.2 Å².